The number of hydrogen-bond acceptors (Lipinski definition) is 4. The molecule has 1 aromatic rings. The summed E-state index contributed by atoms with van der Waals surface area (Å²) in [7, 11) is 0. The Morgan fingerprint density at radius 1 is 1.23 bits per heavy atom. The van der Waals surface area contributed by atoms with Crippen LogP contribution in [0.2, 0.25) is 0 Å². The molecule has 0 aliphatic heterocycles. The van der Waals surface area contributed by atoms with E-state index in [4.69, 9.17) is 4.74 Å². The number of halogens is 1. The van der Waals surface area contributed by atoms with Gasteiger partial charge in [0.15, 0.2) is 5.96 Å². The number of thiophene rings is 1. The fraction of sp³-hybridized carbons (Fsp3) is 0.667. The summed E-state index contributed by atoms with van der Waals surface area (Å²) < 4.78 is 5.31. The van der Waals surface area contributed by atoms with Gasteiger partial charge in [0, 0.05) is 13.1 Å². The first-order valence-corrected chi connectivity index (χ1v) is 9.60. The van der Waals surface area contributed by atoms with Crippen LogP contribution in [-0.4, -0.2) is 42.8 Å². The van der Waals surface area contributed by atoms with Crippen molar-refractivity contribution in [3.05, 3.63) is 22.4 Å². The van der Waals surface area contributed by atoms with Crippen LogP contribution in [0, 0.1) is 0 Å². The first-order valence-electron chi connectivity index (χ1n) is 8.66. The first kappa shape index (κ1) is 25.0. The average molecular weight is 496 g/mol. The molecule has 0 saturated carbocycles. The fourth-order valence-corrected chi connectivity index (χ4v) is 2.70. The quantitative estimate of drug-likeness (QED) is 0.305. The second kappa shape index (κ2) is 11.6. The highest BCUT2D eigenvalue weighted by molar-refractivity contribution is 14.0. The SMILES string of the molecule is CCNC(=NCC(C)(C)NC(=O)OC(C)(C)C)NCCc1ccsc1.I. The Bertz CT molecular complexity index is 554. The minimum Gasteiger partial charge on any atom is -0.444 e. The molecule has 0 aromatic carbocycles. The Kier molecular flexibility index (Phi) is 11.2. The Morgan fingerprint density at radius 3 is 2.46 bits per heavy atom. The number of nitrogens with one attached hydrogen (secondary N) is 3. The molecule has 0 spiro atoms. The van der Waals surface area contributed by atoms with Crippen molar-refractivity contribution < 1.29 is 9.53 Å². The standard InChI is InChI=1S/C18H32N4O2S.HI/c1-7-19-15(20-10-8-14-9-11-25-12-14)21-13-18(5,6)22-16(23)24-17(2,3)4;/h9,11-12H,7-8,10,13H2,1-6H3,(H,22,23)(H2,19,20,21);1H. The van der Waals surface area contributed by atoms with Crippen LogP contribution in [0.25, 0.3) is 0 Å². The molecular weight excluding hydrogens is 463 g/mol. The van der Waals surface area contributed by atoms with Crippen molar-refractivity contribution in [2.24, 2.45) is 4.99 Å². The van der Waals surface area contributed by atoms with Gasteiger partial charge in [0.25, 0.3) is 0 Å². The fourth-order valence-electron chi connectivity index (χ4n) is 2.00. The van der Waals surface area contributed by atoms with Crippen molar-refractivity contribution in [1.82, 2.24) is 16.0 Å². The molecule has 3 N–H and O–H groups in total. The van der Waals surface area contributed by atoms with E-state index in [9.17, 15) is 4.79 Å². The zero-order chi connectivity index (χ0) is 18.9. The summed E-state index contributed by atoms with van der Waals surface area (Å²) in [5, 5.41) is 13.6. The summed E-state index contributed by atoms with van der Waals surface area (Å²) in [5.41, 5.74) is 0.305. The molecule has 6 nitrogen and oxygen atoms in total. The monoisotopic (exact) mass is 496 g/mol. The average Bonchev–Trinajstić information content (AvgIpc) is 2.95. The largest absolute Gasteiger partial charge is 0.444 e. The van der Waals surface area contributed by atoms with Gasteiger partial charge in [-0.1, -0.05) is 0 Å². The summed E-state index contributed by atoms with van der Waals surface area (Å²) in [5.74, 6) is 0.747. The maximum absolute atomic E-state index is 11.9. The van der Waals surface area contributed by atoms with Gasteiger partial charge in [0.2, 0.25) is 0 Å². The number of hydrogen-bond donors (Lipinski definition) is 3. The number of rotatable bonds is 7. The number of aliphatic imine (C=N–C) groups is 1. The molecule has 0 aliphatic carbocycles. The number of carbonyl (C=O) groups is 1. The summed E-state index contributed by atoms with van der Waals surface area (Å²) in [6, 6.07) is 2.13. The number of guanidine groups is 1. The first-order chi connectivity index (χ1) is 11.6. The smallest absolute Gasteiger partial charge is 0.408 e. The zero-order valence-corrected chi connectivity index (χ0v) is 19.8. The van der Waals surface area contributed by atoms with Gasteiger partial charge < -0.3 is 20.7 Å². The predicted molar refractivity (Wildman–Crippen MR) is 121 cm³/mol. The lowest BCUT2D eigenvalue weighted by Crippen LogP contribution is -2.49. The van der Waals surface area contributed by atoms with Crippen molar-refractivity contribution >= 4 is 47.4 Å². The van der Waals surface area contributed by atoms with Crippen LogP contribution < -0.4 is 16.0 Å². The van der Waals surface area contributed by atoms with Gasteiger partial charge in [0.05, 0.1) is 12.1 Å². The van der Waals surface area contributed by atoms with E-state index in [0.717, 1.165) is 25.5 Å². The van der Waals surface area contributed by atoms with Crippen LogP contribution in [0.4, 0.5) is 4.79 Å². The van der Waals surface area contributed by atoms with Crippen LogP contribution in [0.5, 0.6) is 0 Å². The predicted octanol–water partition coefficient (Wildman–Crippen LogP) is 3.77. The highest BCUT2D eigenvalue weighted by atomic mass is 127. The molecule has 1 aromatic heterocycles. The lowest BCUT2D eigenvalue weighted by molar-refractivity contribution is 0.0476. The van der Waals surface area contributed by atoms with E-state index in [1.54, 1.807) is 11.3 Å². The van der Waals surface area contributed by atoms with Crippen molar-refractivity contribution in [1.29, 1.82) is 0 Å². The summed E-state index contributed by atoms with van der Waals surface area (Å²) in [4.78, 5) is 16.5. The van der Waals surface area contributed by atoms with Crippen LogP contribution in [0.1, 0.15) is 47.1 Å². The Hall–Kier alpha value is -1.03. The Morgan fingerprint density at radius 2 is 1.92 bits per heavy atom. The summed E-state index contributed by atoms with van der Waals surface area (Å²) in [6.45, 7) is 13.5. The molecule has 1 heterocycles. The molecule has 26 heavy (non-hydrogen) atoms. The van der Waals surface area contributed by atoms with E-state index in [2.05, 4.69) is 37.8 Å². The second-order valence-electron chi connectivity index (χ2n) is 7.51. The van der Waals surface area contributed by atoms with Crippen LogP contribution >= 0.6 is 35.3 Å². The highest BCUT2D eigenvalue weighted by Crippen LogP contribution is 2.10. The third-order valence-electron chi connectivity index (χ3n) is 3.10. The molecule has 0 fully saturated rings. The second-order valence-corrected chi connectivity index (χ2v) is 8.29. The van der Waals surface area contributed by atoms with Crippen molar-refractivity contribution in [3.63, 3.8) is 0 Å². The van der Waals surface area contributed by atoms with E-state index < -0.39 is 17.2 Å². The lowest BCUT2D eigenvalue weighted by atomic mass is 10.1. The van der Waals surface area contributed by atoms with Gasteiger partial charge in [-0.05, 0) is 70.4 Å². The maximum atomic E-state index is 11.9. The van der Waals surface area contributed by atoms with Gasteiger partial charge in [-0.3, -0.25) is 4.99 Å². The maximum Gasteiger partial charge on any atom is 0.408 e. The highest BCUT2D eigenvalue weighted by Gasteiger charge is 2.24. The van der Waals surface area contributed by atoms with Crippen molar-refractivity contribution in [2.45, 2.75) is 59.1 Å². The Balaban J connectivity index is 0.00000625. The molecule has 1 amide bonds. The molecular formula is C18H33IN4O2S. The molecule has 150 valence electrons. The lowest BCUT2D eigenvalue weighted by Gasteiger charge is -2.27. The van der Waals surface area contributed by atoms with Crippen molar-refractivity contribution in [3.8, 4) is 0 Å². The Labute approximate surface area is 178 Å². The molecule has 0 saturated heterocycles. The molecule has 8 heteroatoms. The number of ether oxygens (including phenoxy) is 1. The van der Waals surface area contributed by atoms with E-state index >= 15 is 0 Å². The number of alkyl carbamates (subject to hydrolysis) is 1. The molecule has 1 rings (SSSR count). The van der Waals surface area contributed by atoms with Crippen LogP contribution in [0.15, 0.2) is 21.8 Å². The normalized spacial score (nSPS) is 12.2. The van der Waals surface area contributed by atoms with E-state index in [1.165, 1.54) is 5.56 Å². The van der Waals surface area contributed by atoms with Crippen LogP contribution in [0.3, 0.4) is 0 Å². The third kappa shape index (κ3) is 11.6. The number of nitrogens with zero attached hydrogens (tertiary/aromatic N) is 1. The number of amides is 1. The van der Waals surface area contributed by atoms with Gasteiger partial charge >= 0.3 is 6.09 Å². The zero-order valence-electron chi connectivity index (χ0n) is 16.6. The molecule has 0 radical (unpaired) electrons. The molecule has 0 unspecified atom stereocenters. The topological polar surface area (TPSA) is 74.8 Å². The molecule has 0 bridgehead atoms. The third-order valence-corrected chi connectivity index (χ3v) is 3.83. The van der Waals surface area contributed by atoms with E-state index in [-0.39, 0.29) is 24.0 Å². The van der Waals surface area contributed by atoms with E-state index in [0.29, 0.717) is 6.54 Å². The van der Waals surface area contributed by atoms with Crippen molar-refractivity contribution in [2.75, 3.05) is 19.6 Å². The molecule has 0 aliphatic rings. The minimum atomic E-state index is -0.512. The van der Waals surface area contributed by atoms with Gasteiger partial charge in [-0.15, -0.1) is 24.0 Å². The molecule has 0 atom stereocenters. The minimum absolute atomic E-state index is 0. The number of carbonyl (C=O) groups excluding carboxylic acids is 1. The van der Waals surface area contributed by atoms with Crippen LogP contribution in [-0.2, 0) is 11.2 Å². The van der Waals surface area contributed by atoms with Gasteiger partial charge in [0.1, 0.15) is 5.60 Å². The van der Waals surface area contributed by atoms with Gasteiger partial charge in [-0.25, -0.2) is 4.79 Å². The van der Waals surface area contributed by atoms with Gasteiger partial charge in [-0.2, -0.15) is 11.3 Å². The summed E-state index contributed by atoms with van der Waals surface area (Å²) >= 11 is 1.71. The summed E-state index contributed by atoms with van der Waals surface area (Å²) in [6.07, 6.45) is 0.524. The van der Waals surface area contributed by atoms with E-state index in [1.807, 2.05) is 41.5 Å².